The number of carbonyl (C=O) groups is 1. The molecule has 0 aliphatic carbocycles. The monoisotopic (exact) mass is 260 g/mol. The van der Waals surface area contributed by atoms with Crippen LogP contribution in [0.2, 0.25) is 0 Å². The molecule has 1 atom stereocenters. The van der Waals surface area contributed by atoms with Crippen molar-refractivity contribution < 1.29 is 14.6 Å². The van der Waals surface area contributed by atoms with Gasteiger partial charge in [-0.1, -0.05) is 12.1 Å². The number of rotatable bonds is 3. The summed E-state index contributed by atoms with van der Waals surface area (Å²) >= 11 is 0. The van der Waals surface area contributed by atoms with Gasteiger partial charge in [-0.25, -0.2) is 4.98 Å². The van der Waals surface area contributed by atoms with E-state index in [9.17, 15) is 4.79 Å². The van der Waals surface area contributed by atoms with Gasteiger partial charge < -0.3 is 14.4 Å². The third-order valence-electron chi connectivity index (χ3n) is 3.64. The van der Waals surface area contributed by atoms with E-state index in [4.69, 9.17) is 9.84 Å². The lowest BCUT2D eigenvalue weighted by atomic mass is 10.0. The molecule has 0 bridgehead atoms. The van der Waals surface area contributed by atoms with Crippen LogP contribution in [0.25, 0.3) is 11.0 Å². The number of aromatic nitrogens is 2. The van der Waals surface area contributed by atoms with Crippen molar-refractivity contribution in [3.8, 4) is 0 Å². The van der Waals surface area contributed by atoms with Gasteiger partial charge in [0.25, 0.3) is 0 Å². The Kier molecular flexibility index (Phi) is 2.78. The number of benzene rings is 1. The average Bonchev–Trinajstić information content (AvgIpc) is 2.95. The third-order valence-corrected chi connectivity index (χ3v) is 3.64. The molecule has 1 fully saturated rings. The summed E-state index contributed by atoms with van der Waals surface area (Å²) in [6.07, 6.45) is 1.85. The van der Waals surface area contributed by atoms with Gasteiger partial charge in [-0.3, -0.25) is 4.79 Å². The van der Waals surface area contributed by atoms with Crippen LogP contribution in [-0.4, -0.2) is 27.2 Å². The first kappa shape index (κ1) is 12.2. The van der Waals surface area contributed by atoms with Gasteiger partial charge in [-0.15, -0.1) is 0 Å². The Balaban J connectivity index is 2.19. The summed E-state index contributed by atoms with van der Waals surface area (Å²) in [6.45, 7) is 2.60. The molecule has 1 aliphatic heterocycles. The molecule has 0 amide bonds. The molecule has 1 aromatic carbocycles. The van der Waals surface area contributed by atoms with Crippen LogP contribution in [-0.2, 0) is 21.7 Å². The zero-order valence-corrected chi connectivity index (χ0v) is 10.8. The number of hydrogen-bond donors (Lipinski definition) is 1. The van der Waals surface area contributed by atoms with Crippen molar-refractivity contribution in [2.24, 2.45) is 0 Å². The maximum atomic E-state index is 11.1. The van der Waals surface area contributed by atoms with Crippen molar-refractivity contribution in [1.29, 1.82) is 0 Å². The highest BCUT2D eigenvalue weighted by Gasteiger charge is 2.37. The summed E-state index contributed by atoms with van der Waals surface area (Å²) in [5.41, 5.74) is 1.18. The van der Waals surface area contributed by atoms with E-state index < -0.39 is 11.6 Å². The smallest absolute Gasteiger partial charge is 0.323 e. The Bertz CT molecular complexity index is 627. The molecule has 0 spiro atoms. The summed E-state index contributed by atoms with van der Waals surface area (Å²) in [7, 11) is 0. The topological polar surface area (TPSA) is 64.4 Å². The largest absolute Gasteiger partial charge is 0.480 e. The van der Waals surface area contributed by atoms with Gasteiger partial charge in [0.1, 0.15) is 18.0 Å². The first-order chi connectivity index (χ1) is 9.10. The molecule has 0 radical (unpaired) electrons. The lowest BCUT2D eigenvalue weighted by molar-refractivity contribution is -0.137. The Labute approximate surface area is 110 Å². The van der Waals surface area contributed by atoms with Crippen molar-refractivity contribution in [1.82, 2.24) is 9.55 Å². The van der Waals surface area contributed by atoms with Gasteiger partial charge in [0.05, 0.1) is 11.0 Å². The molecule has 5 nitrogen and oxygen atoms in total. The standard InChI is InChI=1S/C14H16N2O3/c1-14(7-4-8-19-14)13-15-10-5-2-3-6-11(10)16(13)9-12(17)18/h2-3,5-6H,4,7-9H2,1H3,(H,17,18). The normalized spacial score (nSPS) is 23.0. The van der Waals surface area contributed by atoms with E-state index in [1.807, 2.05) is 31.2 Å². The fourth-order valence-electron chi connectivity index (χ4n) is 2.73. The molecular weight excluding hydrogens is 244 g/mol. The highest BCUT2D eigenvalue weighted by molar-refractivity contribution is 5.78. The minimum absolute atomic E-state index is 0.0885. The molecule has 5 heteroatoms. The lowest BCUT2D eigenvalue weighted by Crippen LogP contribution is -2.27. The molecule has 2 heterocycles. The van der Waals surface area contributed by atoms with Crippen LogP contribution >= 0.6 is 0 Å². The van der Waals surface area contributed by atoms with E-state index in [1.165, 1.54) is 0 Å². The molecule has 2 aromatic rings. The molecule has 3 rings (SSSR count). The van der Waals surface area contributed by atoms with Gasteiger partial charge in [-0.2, -0.15) is 0 Å². The zero-order valence-electron chi connectivity index (χ0n) is 10.8. The first-order valence-electron chi connectivity index (χ1n) is 6.42. The maximum absolute atomic E-state index is 11.1. The SMILES string of the molecule is CC1(c2nc3ccccc3n2CC(=O)O)CCCO1. The number of nitrogens with zero attached hydrogens (tertiary/aromatic N) is 2. The number of imidazole rings is 1. The summed E-state index contributed by atoms with van der Waals surface area (Å²) in [6, 6.07) is 7.59. The Morgan fingerprint density at radius 1 is 1.53 bits per heavy atom. The number of ether oxygens (including phenoxy) is 1. The number of aliphatic carboxylic acids is 1. The minimum Gasteiger partial charge on any atom is -0.480 e. The van der Waals surface area contributed by atoms with Crippen molar-refractivity contribution in [3.63, 3.8) is 0 Å². The van der Waals surface area contributed by atoms with Gasteiger partial charge in [0.15, 0.2) is 0 Å². The van der Waals surface area contributed by atoms with E-state index in [-0.39, 0.29) is 6.54 Å². The quantitative estimate of drug-likeness (QED) is 0.918. The molecule has 1 unspecified atom stereocenters. The molecule has 19 heavy (non-hydrogen) atoms. The van der Waals surface area contributed by atoms with E-state index in [2.05, 4.69) is 4.98 Å². The molecule has 1 saturated heterocycles. The van der Waals surface area contributed by atoms with Crippen LogP contribution in [0, 0.1) is 0 Å². The van der Waals surface area contributed by atoms with Crippen LogP contribution in [0.4, 0.5) is 0 Å². The molecule has 1 N–H and O–H groups in total. The van der Waals surface area contributed by atoms with Gasteiger partial charge in [0.2, 0.25) is 0 Å². The highest BCUT2D eigenvalue weighted by Crippen LogP contribution is 2.36. The maximum Gasteiger partial charge on any atom is 0.323 e. The fraction of sp³-hybridized carbons (Fsp3) is 0.429. The first-order valence-corrected chi connectivity index (χ1v) is 6.42. The predicted molar refractivity (Wildman–Crippen MR) is 69.9 cm³/mol. The highest BCUT2D eigenvalue weighted by atomic mass is 16.5. The van der Waals surface area contributed by atoms with Crippen LogP contribution in [0.1, 0.15) is 25.6 Å². The number of carboxylic acid groups (broad SMARTS) is 1. The second kappa shape index (κ2) is 4.35. The van der Waals surface area contributed by atoms with Crippen LogP contribution in [0.5, 0.6) is 0 Å². The van der Waals surface area contributed by atoms with E-state index >= 15 is 0 Å². The Hall–Kier alpha value is -1.88. The molecule has 0 saturated carbocycles. The second-order valence-electron chi connectivity index (χ2n) is 5.09. The summed E-state index contributed by atoms with van der Waals surface area (Å²) in [5.74, 6) is -0.153. The number of para-hydroxylation sites is 2. The van der Waals surface area contributed by atoms with Crippen molar-refractivity contribution in [3.05, 3.63) is 30.1 Å². The molecule has 1 aliphatic rings. The zero-order chi connectivity index (χ0) is 13.5. The van der Waals surface area contributed by atoms with Crippen LogP contribution in [0.3, 0.4) is 0 Å². The van der Waals surface area contributed by atoms with E-state index in [1.54, 1.807) is 4.57 Å². The van der Waals surface area contributed by atoms with Crippen molar-refractivity contribution >= 4 is 17.0 Å². The molecule has 1 aromatic heterocycles. The van der Waals surface area contributed by atoms with Gasteiger partial charge >= 0.3 is 5.97 Å². The van der Waals surface area contributed by atoms with Crippen LogP contribution < -0.4 is 0 Å². The van der Waals surface area contributed by atoms with Crippen molar-refractivity contribution in [2.75, 3.05) is 6.61 Å². The Morgan fingerprint density at radius 3 is 3.00 bits per heavy atom. The minimum atomic E-state index is -0.869. The fourth-order valence-corrected chi connectivity index (χ4v) is 2.73. The number of fused-ring (bicyclic) bond motifs is 1. The second-order valence-corrected chi connectivity index (χ2v) is 5.09. The summed E-state index contributed by atoms with van der Waals surface area (Å²) in [5, 5.41) is 9.11. The van der Waals surface area contributed by atoms with Gasteiger partial charge in [-0.05, 0) is 31.9 Å². The molecular formula is C14H16N2O3. The predicted octanol–water partition coefficient (Wildman–Crippen LogP) is 2.15. The third kappa shape index (κ3) is 2.00. The lowest BCUT2D eigenvalue weighted by Gasteiger charge is -2.23. The summed E-state index contributed by atoms with van der Waals surface area (Å²) in [4.78, 5) is 15.7. The van der Waals surface area contributed by atoms with Gasteiger partial charge in [0, 0.05) is 6.61 Å². The summed E-state index contributed by atoms with van der Waals surface area (Å²) < 4.78 is 7.55. The van der Waals surface area contributed by atoms with E-state index in [0.717, 1.165) is 23.9 Å². The number of hydrogen-bond acceptors (Lipinski definition) is 3. The average molecular weight is 260 g/mol. The van der Waals surface area contributed by atoms with E-state index in [0.29, 0.717) is 12.4 Å². The number of carboxylic acids is 1. The van der Waals surface area contributed by atoms with Crippen LogP contribution in [0.15, 0.2) is 24.3 Å². The van der Waals surface area contributed by atoms with Crippen molar-refractivity contribution in [2.45, 2.75) is 31.9 Å². The Morgan fingerprint density at radius 2 is 2.32 bits per heavy atom. The molecule has 100 valence electrons.